The van der Waals surface area contributed by atoms with Gasteiger partial charge in [-0.05, 0) is 67.3 Å². The summed E-state index contributed by atoms with van der Waals surface area (Å²) in [4.78, 5) is 30.2. The van der Waals surface area contributed by atoms with Crippen molar-refractivity contribution >= 4 is 28.2 Å². The number of carbonyl (C=O) groups is 1. The molecule has 2 aliphatic carbocycles. The van der Waals surface area contributed by atoms with Gasteiger partial charge in [-0.2, -0.15) is 0 Å². The van der Waals surface area contributed by atoms with Gasteiger partial charge in [0.05, 0.1) is 18.2 Å². The molecule has 0 radical (unpaired) electrons. The zero-order valence-corrected chi connectivity index (χ0v) is 20.1. The maximum Gasteiger partial charge on any atom is 0.343 e. The van der Waals surface area contributed by atoms with Crippen LogP contribution in [0.1, 0.15) is 72.9 Å². The highest BCUT2D eigenvalue weighted by molar-refractivity contribution is 7.15. The van der Waals surface area contributed by atoms with E-state index in [9.17, 15) is 9.59 Å². The van der Waals surface area contributed by atoms with E-state index in [-0.39, 0.29) is 35.1 Å². The quantitative estimate of drug-likeness (QED) is 0.176. The minimum Gasteiger partial charge on any atom is -0.462 e. The molecule has 0 spiro atoms. The smallest absolute Gasteiger partial charge is 0.343 e. The Kier molecular flexibility index (Phi) is 5.49. The second-order valence-corrected chi connectivity index (χ2v) is 10.8. The number of pyridine rings is 1. The van der Waals surface area contributed by atoms with Crippen molar-refractivity contribution in [3.8, 4) is 10.4 Å². The summed E-state index contributed by atoms with van der Waals surface area (Å²) in [6.45, 7) is 6.00. The number of hydrogen-bond acceptors (Lipinski definition) is 5. The molecule has 2 aromatic heterocycles. The molecule has 0 bridgehead atoms. The maximum atomic E-state index is 15.4. The van der Waals surface area contributed by atoms with E-state index < -0.39 is 17.2 Å². The molecule has 0 N–H and O–H groups in total. The molecule has 1 aromatic carbocycles. The predicted molar refractivity (Wildman–Crippen MR) is 130 cm³/mol. The van der Waals surface area contributed by atoms with Crippen LogP contribution in [0.25, 0.3) is 31.8 Å². The number of nitrogens with zero attached hydrogens (tertiary/aromatic N) is 4. The first kappa shape index (κ1) is 22.6. The molecule has 0 saturated heterocycles. The minimum atomic E-state index is -0.689. The Morgan fingerprint density at radius 2 is 2.12 bits per heavy atom. The van der Waals surface area contributed by atoms with Gasteiger partial charge in [-0.15, -0.1) is 11.3 Å². The van der Waals surface area contributed by atoms with Crippen molar-refractivity contribution in [1.82, 2.24) is 4.57 Å². The molecule has 0 aliphatic heterocycles. The second-order valence-electron chi connectivity index (χ2n) is 9.68. The average molecular weight is 481 g/mol. The molecule has 1 saturated carbocycles. The van der Waals surface area contributed by atoms with Gasteiger partial charge in [0.15, 0.2) is 0 Å². The number of rotatable bonds is 5. The molecule has 2 aliphatic rings. The number of ether oxygens (including phenoxy) is 1. The molecule has 34 heavy (non-hydrogen) atoms. The van der Waals surface area contributed by atoms with Crippen molar-refractivity contribution in [2.45, 2.75) is 58.5 Å². The number of benzene rings is 1. The van der Waals surface area contributed by atoms with E-state index in [2.05, 4.69) is 23.9 Å². The van der Waals surface area contributed by atoms with E-state index in [0.717, 1.165) is 41.0 Å². The van der Waals surface area contributed by atoms with Crippen LogP contribution < -0.4 is 5.43 Å². The van der Waals surface area contributed by atoms with Crippen molar-refractivity contribution < 1.29 is 13.9 Å². The summed E-state index contributed by atoms with van der Waals surface area (Å²) in [7, 11) is 0. The van der Waals surface area contributed by atoms with Gasteiger partial charge in [-0.1, -0.05) is 19.0 Å². The first-order valence-electron chi connectivity index (χ1n) is 11.5. The molecule has 9 heteroatoms. The molecule has 1 fully saturated rings. The maximum absolute atomic E-state index is 15.4. The third-order valence-electron chi connectivity index (χ3n) is 6.86. The predicted octanol–water partition coefficient (Wildman–Crippen LogP) is 6.70. The second kappa shape index (κ2) is 8.25. The van der Waals surface area contributed by atoms with Gasteiger partial charge in [0.1, 0.15) is 11.4 Å². The van der Waals surface area contributed by atoms with E-state index in [1.54, 1.807) is 19.2 Å². The Labute approximate surface area is 199 Å². The Balaban J connectivity index is 1.68. The Morgan fingerprint density at radius 3 is 2.79 bits per heavy atom. The summed E-state index contributed by atoms with van der Waals surface area (Å²) < 4.78 is 22.4. The fourth-order valence-electron chi connectivity index (χ4n) is 4.78. The Bertz CT molecular complexity index is 1430. The lowest BCUT2D eigenvalue weighted by atomic mass is 9.74. The summed E-state index contributed by atoms with van der Waals surface area (Å²) in [5.41, 5.74) is 10.4. The van der Waals surface area contributed by atoms with Gasteiger partial charge >= 0.3 is 5.97 Å². The third kappa shape index (κ3) is 3.69. The number of hydrogen-bond donors (Lipinski definition) is 0. The number of halogens is 1. The zero-order valence-electron chi connectivity index (χ0n) is 19.3. The summed E-state index contributed by atoms with van der Waals surface area (Å²) in [5.74, 6) is -1.21. The normalized spacial score (nSPS) is 18.9. The molecule has 3 aromatic rings. The first-order chi connectivity index (χ1) is 16.2. The number of thiophene rings is 1. The zero-order chi connectivity index (χ0) is 24.2. The van der Waals surface area contributed by atoms with Gasteiger partial charge in [0.2, 0.25) is 5.43 Å². The molecule has 1 unspecified atom stereocenters. The van der Waals surface area contributed by atoms with E-state index in [0.29, 0.717) is 11.1 Å². The Hall–Kier alpha value is -3.16. The van der Waals surface area contributed by atoms with Gasteiger partial charge in [-0.25, -0.2) is 9.18 Å². The lowest BCUT2D eigenvalue weighted by molar-refractivity contribution is 0.0524. The molecular formula is C25H25FN4O3S. The van der Waals surface area contributed by atoms with Crippen molar-refractivity contribution in [3.05, 3.63) is 66.9 Å². The Morgan fingerprint density at radius 1 is 1.35 bits per heavy atom. The lowest BCUT2D eigenvalue weighted by Crippen LogP contribution is -2.25. The summed E-state index contributed by atoms with van der Waals surface area (Å²) in [5, 5.41) is 4.24. The van der Waals surface area contributed by atoms with Gasteiger partial charge in [0, 0.05) is 37.9 Å². The van der Waals surface area contributed by atoms with Crippen LogP contribution in [-0.4, -0.2) is 17.1 Å². The highest BCUT2D eigenvalue weighted by atomic mass is 32.1. The van der Waals surface area contributed by atoms with E-state index in [1.807, 2.05) is 10.6 Å². The minimum absolute atomic E-state index is 0.0700. The van der Waals surface area contributed by atoms with Crippen molar-refractivity contribution in [2.75, 3.05) is 6.61 Å². The monoisotopic (exact) mass is 480 g/mol. The topological polar surface area (TPSA) is 97.1 Å². The highest BCUT2D eigenvalue weighted by Crippen LogP contribution is 2.51. The lowest BCUT2D eigenvalue weighted by Gasteiger charge is -2.35. The SMILES string of the molecule is CCOC(=O)c1cn(C2CC2)c2cc(-c3cc4c(s3)C(N=[N+]=[N-])C(C)(C)CC4)c(F)cc2c1=O. The number of esters is 1. The standard InChI is InChI=1S/C25H25FN4O3S/c1-4-33-24(32)17-12-30(14-5-6-14)19-11-15(18(26)10-16(19)21(17)31)20-9-13-7-8-25(2,3)23(28-29-27)22(13)34-20/h9-12,14,23H,4-8H2,1-3H3. The van der Waals surface area contributed by atoms with Crippen LogP contribution in [0.4, 0.5) is 4.39 Å². The molecule has 176 valence electrons. The van der Waals surface area contributed by atoms with Crippen LogP contribution >= 0.6 is 11.3 Å². The molecule has 2 heterocycles. The number of aromatic nitrogens is 1. The average Bonchev–Trinajstić information content (AvgIpc) is 3.55. The molecule has 5 rings (SSSR count). The fraction of sp³-hybridized carbons (Fsp3) is 0.440. The molecule has 0 amide bonds. The van der Waals surface area contributed by atoms with Crippen LogP contribution in [0.2, 0.25) is 0 Å². The van der Waals surface area contributed by atoms with Crippen molar-refractivity contribution in [3.63, 3.8) is 0 Å². The molecule has 1 atom stereocenters. The van der Waals surface area contributed by atoms with Gasteiger partial charge in [-0.3, -0.25) is 4.79 Å². The fourth-order valence-corrected chi connectivity index (χ4v) is 6.25. The van der Waals surface area contributed by atoms with E-state index in [1.165, 1.54) is 17.4 Å². The van der Waals surface area contributed by atoms with Crippen molar-refractivity contribution in [2.24, 2.45) is 10.5 Å². The van der Waals surface area contributed by atoms with E-state index >= 15 is 4.39 Å². The summed E-state index contributed by atoms with van der Waals surface area (Å²) >= 11 is 1.44. The van der Waals surface area contributed by atoms with E-state index in [4.69, 9.17) is 10.3 Å². The molecular weight excluding hydrogens is 455 g/mol. The van der Waals surface area contributed by atoms with Crippen LogP contribution in [-0.2, 0) is 11.2 Å². The van der Waals surface area contributed by atoms with Crippen LogP contribution in [0.5, 0.6) is 0 Å². The first-order valence-corrected chi connectivity index (χ1v) is 12.3. The third-order valence-corrected chi connectivity index (χ3v) is 8.12. The largest absolute Gasteiger partial charge is 0.462 e. The number of fused-ring (bicyclic) bond motifs is 2. The van der Waals surface area contributed by atoms with Gasteiger partial charge in [0.25, 0.3) is 0 Å². The number of carbonyl (C=O) groups excluding carboxylic acids is 1. The highest BCUT2D eigenvalue weighted by Gasteiger charge is 2.37. The van der Waals surface area contributed by atoms with Crippen molar-refractivity contribution in [1.29, 1.82) is 0 Å². The van der Waals surface area contributed by atoms with Crippen LogP contribution in [0.3, 0.4) is 0 Å². The van der Waals surface area contributed by atoms with Crippen LogP contribution in [0.15, 0.2) is 34.3 Å². The number of aryl methyl sites for hydroxylation is 1. The van der Waals surface area contributed by atoms with Crippen LogP contribution in [0, 0.1) is 11.2 Å². The summed E-state index contributed by atoms with van der Waals surface area (Å²) in [6, 6.07) is 4.79. The summed E-state index contributed by atoms with van der Waals surface area (Å²) in [6.07, 6.45) is 5.13. The molecule has 7 nitrogen and oxygen atoms in total. The van der Waals surface area contributed by atoms with Gasteiger partial charge < -0.3 is 9.30 Å². The number of azide groups is 1.